The molecule has 0 atom stereocenters. The molecular weight excluding hydrogens is 376 g/mol. The van der Waals surface area contributed by atoms with Crippen molar-refractivity contribution in [2.24, 2.45) is 0 Å². The van der Waals surface area contributed by atoms with Gasteiger partial charge < -0.3 is 19.4 Å². The first-order chi connectivity index (χ1) is 14.6. The van der Waals surface area contributed by atoms with E-state index in [9.17, 15) is 4.79 Å². The summed E-state index contributed by atoms with van der Waals surface area (Å²) in [4.78, 5) is 13.4. The number of carbonyl (C=O) groups is 1. The Hall–Kier alpha value is -3.21. The Morgan fingerprint density at radius 1 is 1.03 bits per heavy atom. The van der Waals surface area contributed by atoms with Gasteiger partial charge in [0.1, 0.15) is 5.69 Å². The molecular formula is C25H26N2O3. The zero-order valence-electron chi connectivity index (χ0n) is 17.5. The second-order valence-corrected chi connectivity index (χ2v) is 8.20. The molecule has 1 N–H and O–H groups in total. The van der Waals surface area contributed by atoms with E-state index >= 15 is 0 Å². The van der Waals surface area contributed by atoms with Gasteiger partial charge in [-0.25, -0.2) is 0 Å². The van der Waals surface area contributed by atoms with Gasteiger partial charge in [0.15, 0.2) is 11.5 Å². The molecule has 2 aromatic carbocycles. The normalized spacial score (nSPS) is 14.5. The summed E-state index contributed by atoms with van der Waals surface area (Å²) in [6.07, 6.45) is 4.44. The van der Waals surface area contributed by atoms with Crippen LogP contribution in [0.5, 0.6) is 11.5 Å². The van der Waals surface area contributed by atoms with Crippen LogP contribution >= 0.6 is 0 Å². The van der Waals surface area contributed by atoms with E-state index in [-0.39, 0.29) is 12.7 Å². The lowest BCUT2D eigenvalue weighted by Gasteiger charge is -2.17. The minimum Gasteiger partial charge on any atom is -0.454 e. The van der Waals surface area contributed by atoms with E-state index in [4.69, 9.17) is 9.47 Å². The van der Waals surface area contributed by atoms with Crippen LogP contribution in [0.15, 0.2) is 42.5 Å². The van der Waals surface area contributed by atoms with Gasteiger partial charge in [0.2, 0.25) is 6.79 Å². The zero-order valence-corrected chi connectivity index (χ0v) is 17.5. The first kappa shape index (κ1) is 18.8. The number of nitrogens with one attached hydrogen (secondary N) is 1. The third-order valence-corrected chi connectivity index (χ3v) is 6.11. The smallest absolute Gasteiger partial charge is 0.272 e. The van der Waals surface area contributed by atoms with E-state index in [1.165, 1.54) is 35.2 Å². The number of hydrogen-bond acceptors (Lipinski definition) is 3. The molecule has 1 amide bonds. The first-order valence-electron chi connectivity index (χ1n) is 10.6. The number of carbonyl (C=O) groups excluding carboxylic acids is 1. The number of hydrogen-bond donors (Lipinski definition) is 1. The minimum absolute atomic E-state index is 0.0755. The minimum atomic E-state index is -0.0755. The average Bonchev–Trinajstić information content (AvgIpc) is 3.31. The van der Waals surface area contributed by atoms with Gasteiger partial charge in [-0.1, -0.05) is 29.8 Å². The average molecular weight is 402 g/mol. The van der Waals surface area contributed by atoms with Crippen molar-refractivity contribution in [1.29, 1.82) is 0 Å². The number of aryl methyl sites for hydroxylation is 1. The molecule has 0 saturated heterocycles. The Labute approximate surface area is 176 Å². The number of aromatic nitrogens is 1. The van der Waals surface area contributed by atoms with E-state index in [0.29, 0.717) is 23.7 Å². The van der Waals surface area contributed by atoms with Gasteiger partial charge >= 0.3 is 0 Å². The summed E-state index contributed by atoms with van der Waals surface area (Å²) in [5.41, 5.74) is 7.70. The van der Waals surface area contributed by atoms with Crippen LogP contribution < -0.4 is 14.8 Å². The molecule has 5 rings (SSSR count). The lowest BCUT2D eigenvalue weighted by molar-refractivity contribution is 0.101. The molecule has 3 aromatic rings. The summed E-state index contributed by atoms with van der Waals surface area (Å²) in [5, 5.41) is 3.08. The van der Waals surface area contributed by atoms with E-state index < -0.39 is 0 Å². The van der Waals surface area contributed by atoms with Crippen LogP contribution in [0.2, 0.25) is 0 Å². The summed E-state index contributed by atoms with van der Waals surface area (Å²) < 4.78 is 13.1. The lowest BCUT2D eigenvalue weighted by atomic mass is 9.95. The number of fused-ring (bicyclic) bond motifs is 2. The molecule has 5 heteroatoms. The molecule has 0 fully saturated rings. The van der Waals surface area contributed by atoms with Crippen molar-refractivity contribution in [2.75, 3.05) is 12.1 Å². The fourth-order valence-corrected chi connectivity index (χ4v) is 4.70. The highest BCUT2D eigenvalue weighted by Gasteiger charge is 2.26. The molecule has 1 aliphatic heterocycles. The van der Waals surface area contributed by atoms with Crippen molar-refractivity contribution in [3.63, 3.8) is 0 Å². The predicted molar refractivity (Wildman–Crippen MR) is 117 cm³/mol. The highest BCUT2D eigenvalue weighted by atomic mass is 16.7. The van der Waals surface area contributed by atoms with Gasteiger partial charge in [0, 0.05) is 24.0 Å². The zero-order chi connectivity index (χ0) is 20.7. The van der Waals surface area contributed by atoms with Crippen LogP contribution in [0.1, 0.15) is 51.3 Å². The topological polar surface area (TPSA) is 52.5 Å². The number of nitrogens with zero attached hydrogens (tertiary/aromatic N) is 1. The quantitative estimate of drug-likeness (QED) is 0.667. The third-order valence-electron chi connectivity index (χ3n) is 6.11. The fraction of sp³-hybridized carbons (Fsp3) is 0.320. The maximum absolute atomic E-state index is 13.4. The summed E-state index contributed by atoms with van der Waals surface area (Å²) in [7, 11) is 0. The second kappa shape index (κ2) is 7.56. The summed E-state index contributed by atoms with van der Waals surface area (Å²) in [5.74, 6) is 1.30. The van der Waals surface area contributed by atoms with E-state index in [1.54, 1.807) is 0 Å². The second-order valence-electron chi connectivity index (χ2n) is 8.20. The molecule has 0 unspecified atom stereocenters. The number of anilines is 1. The van der Waals surface area contributed by atoms with Crippen molar-refractivity contribution in [1.82, 2.24) is 4.57 Å². The Morgan fingerprint density at radius 2 is 1.87 bits per heavy atom. The molecule has 154 valence electrons. The van der Waals surface area contributed by atoms with Gasteiger partial charge in [0.25, 0.3) is 5.91 Å². The van der Waals surface area contributed by atoms with Crippen molar-refractivity contribution in [3.8, 4) is 11.5 Å². The van der Waals surface area contributed by atoms with Crippen LogP contribution in [0.4, 0.5) is 5.69 Å². The van der Waals surface area contributed by atoms with Gasteiger partial charge in [-0.2, -0.15) is 0 Å². The van der Waals surface area contributed by atoms with E-state index in [0.717, 1.165) is 24.1 Å². The highest BCUT2D eigenvalue weighted by Crippen LogP contribution is 2.35. The number of benzene rings is 2. The lowest BCUT2D eigenvalue weighted by Crippen LogP contribution is -2.20. The van der Waals surface area contributed by atoms with Gasteiger partial charge in [-0.3, -0.25) is 4.79 Å². The Kier molecular flexibility index (Phi) is 4.74. The van der Waals surface area contributed by atoms with E-state index in [2.05, 4.69) is 48.0 Å². The molecule has 2 aliphatic rings. The van der Waals surface area contributed by atoms with Crippen LogP contribution in [0.3, 0.4) is 0 Å². The maximum Gasteiger partial charge on any atom is 0.272 e. The molecule has 0 saturated carbocycles. The van der Waals surface area contributed by atoms with Crippen LogP contribution in [0.25, 0.3) is 0 Å². The molecule has 2 heterocycles. The molecule has 1 aromatic heterocycles. The van der Waals surface area contributed by atoms with Crippen molar-refractivity contribution >= 4 is 11.6 Å². The highest BCUT2D eigenvalue weighted by molar-refractivity contribution is 6.05. The fourth-order valence-electron chi connectivity index (χ4n) is 4.70. The molecule has 0 spiro atoms. The predicted octanol–water partition coefficient (Wildman–Crippen LogP) is 5.01. The molecule has 0 radical (unpaired) electrons. The summed E-state index contributed by atoms with van der Waals surface area (Å²) in [6, 6.07) is 14.0. The van der Waals surface area contributed by atoms with Crippen molar-refractivity contribution in [2.45, 2.75) is 46.1 Å². The number of ether oxygens (including phenoxy) is 2. The van der Waals surface area contributed by atoms with Gasteiger partial charge in [-0.15, -0.1) is 0 Å². The molecule has 0 bridgehead atoms. The summed E-state index contributed by atoms with van der Waals surface area (Å²) >= 11 is 0. The Balaban J connectivity index is 1.51. The number of rotatable bonds is 4. The Morgan fingerprint density at radius 3 is 2.73 bits per heavy atom. The molecule has 5 nitrogen and oxygen atoms in total. The van der Waals surface area contributed by atoms with E-state index in [1.807, 2.05) is 18.2 Å². The summed E-state index contributed by atoms with van der Waals surface area (Å²) in [6.45, 7) is 5.12. The first-order valence-corrected chi connectivity index (χ1v) is 10.6. The monoisotopic (exact) mass is 402 g/mol. The largest absolute Gasteiger partial charge is 0.454 e. The van der Waals surface area contributed by atoms with Gasteiger partial charge in [-0.05, 0) is 68.4 Å². The van der Waals surface area contributed by atoms with Gasteiger partial charge in [0.05, 0.1) is 0 Å². The van der Waals surface area contributed by atoms with Crippen LogP contribution in [-0.2, 0) is 19.4 Å². The van der Waals surface area contributed by atoms with Crippen LogP contribution in [-0.4, -0.2) is 17.3 Å². The third kappa shape index (κ3) is 3.34. The number of amides is 1. The SMILES string of the molecule is Cc1cccc(Cn2c3c(c(C)c2C(=O)Nc2ccc4c(c2)OCO4)CCCC3)c1. The van der Waals surface area contributed by atoms with Crippen molar-refractivity contribution < 1.29 is 14.3 Å². The molecule has 1 aliphatic carbocycles. The maximum atomic E-state index is 13.4. The van der Waals surface area contributed by atoms with Crippen LogP contribution in [0, 0.1) is 13.8 Å². The Bertz CT molecular complexity index is 1130. The standard InChI is InChI=1S/C25H26N2O3/c1-16-6-5-7-18(12-16)14-27-21-9-4-3-8-20(21)17(2)24(27)25(28)26-19-10-11-22-23(13-19)30-15-29-22/h5-7,10-13H,3-4,8-9,14-15H2,1-2H3,(H,26,28). The van der Waals surface area contributed by atoms with Crippen molar-refractivity contribution in [3.05, 3.63) is 76.1 Å². The molecule has 30 heavy (non-hydrogen) atoms.